The third-order valence-electron chi connectivity index (χ3n) is 5.78. The number of halogens is 1. The van der Waals surface area contributed by atoms with E-state index in [4.69, 9.17) is 17.3 Å². The number of carbonyl (C=O) groups excluding carboxylic acids is 2. The molecule has 1 saturated heterocycles. The van der Waals surface area contributed by atoms with E-state index in [0.717, 1.165) is 16.5 Å². The summed E-state index contributed by atoms with van der Waals surface area (Å²) in [6.45, 7) is 0.782. The number of hydrogen-bond donors (Lipinski definition) is 2. The summed E-state index contributed by atoms with van der Waals surface area (Å²) >= 11 is 5.80. The molecule has 1 aromatic heterocycles. The van der Waals surface area contributed by atoms with Gasteiger partial charge in [-0.15, -0.1) is 0 Å². The summed E-state index contributed by atoms with van der Waals surface area (Å²) < 4.78 is 26.7. The maximum Gasteiger partial charge on any atom is 0.267 e. The van der Waals surface area contributed by atoms with E-state index in [9.17, 15) is 23.1 Å². The Bertz CT molecular complexity index is 1430. The van der Waals surface area contributed by atoms with Crippen molar-refractivity contribution in [2.24, 2.45) is 5.73 Å². The molecule has 4 rings (SSSR count). The molecular formula is C25H23ClN4O5S. The van der Waals surface area contributed by atoms with Gasteiger partial charge in [-0.3, -0.25) is 14.6 Å². The number of aromatic hydroxyl groups is 1. The van der Waals surface area contributed by atoms with Crippen LogP contribution >= 0.6 is 11.6 Å². The average Bonchev–Trinajstić information content (AvgIpc) is 2.88. The van der Waals surface area contributed by atoms with E-state index in [-0.39, 0.29) is 43.5 Å². The minimum Gasteiger partial charge on any atom is -0.507 e. The Balaban J connectivity index is 1.38. The lowest BCUT2D eigenvalue weighted by Crippen LogP contribution is -2.50. The molecule has 11 heteroatoms. The number of amides is 2. The van der Waals surface area contributed by atoms with Gasteiger partial charge < -0.3 is 15.7 Å². The topological polar surface area (TPSA) is 134 Å². The molecule has 3 aromatic rings. The van der Waals surface area contributed by atoms with Crippen molar-refractivity contribution in [3.05, 3.63) is 88.0 Å². The number of piperazine rings is 1. The molecule has 36 heavy (non-hydrogen) atoms. The maximum absolute atomic E-state index is 13.0. The van der Waals surface area contributed by atoms with Crippen LogP contribution in [0.1, 0.15) is 26.4 Å². The second-order valence-electron chi connectivity index (χ2n) is 8.11. The van der Waals surface area contributed by atoms with Gasteiger partial charge in [-0.2, -0.15) is 4.31 Å². The molecular weight excluding hydrogens is 504 g/mol. The maximum atomic E-state index is 13.0. The summed E-state index contributed by atoms with van der Waals surface area (Å²) in [6.07, 6.45) is 2.81. The Morgan fingerprint density at radius 1 is 0.972 bits per heavy atom. The van der Waals surface area contributed by atoms with E-state index in [1.807, 2.05) is 0 Å². The van der Waals surface area contributed by atoms with Crippen LogP contribution in [0.15, 0.2) is 66.2 Å². The standard InChI is InChI=1S/C25H23ClN4O5S/c26-21-6-5-18(23(31)16-21)8-14-36(34,35)30-12-10-29(11-13-30)25(33)19-3-1-17(2-4-19)20-7-9-28-22(15-20)24(27)32/h1-9,14-16,31H,10-13H2,(H2,27,32). The third-order valence-corrected chi connectivity index (χ3v) is 7.58. The smallest absolute Gasteiger partial charge is 0.267 e. The fourth-order valence-electron chi connectivity index (χ4n) is 3.78. The molecule has 0 atom stereocenters. The van der Waals surface area contributed by atoms with Crippen LogP contribution in [0.2, 0.25) is 5.02 Å². The summed E-state index contributed by atoms with van der Waals surface area (Å²) in [5, 5.41) is 11.3. The van der Waals surface area contributed by atoms with Gasteiger partial charge in [0.1, 0.15) is 11.4 Å². The van der Waals surface area contributed by atoms with Crippen LogP contribution < -0.4 is 5.73 Å². The van der Waals surface area contributed by atoms with Crippen molar-refractivity contribution in [2.75, 3.05) is 26.2 Å². The molecule has 0 aliphatic carbocycles. The van der Waals surface area contributed by atoms with E-state index in [1.54, 1.807) is 47.4 Å². The van der Waals surface area contributed by atoms with Gasteiger partial charge in [0.05, 0.1) is 0 Å². The minimum atomic E-state index is -3.74. The second-order valence-corrected chi connectivity index (χ2v) is 10.4. The van der Waals surface area contributed by atoms with Gasteiger partial charge in [-0.25, -0.2) is 8.42 Å². The summed E-state index contributed by atoms with van der Waals surface area (Å²) in [5.74, 6) is -0.941. The lowest BCUT2D eigenvalue weighted by molar-refractivity contribution is 0.0698. The highest BCUT2D eigenvalue weighted by Crippen LogP contribution is 2.24. The van der Waals surface area contributed by atoms with Crippen LogP contribution in [0.4, 0.5) is 0 Å². The molecule has 2 heterocycles. The summed E-state index contributed by atoms with van der Waals surface area (Å²) in [6, 6.07) is 14.7. The van der Waals surface area contributed by atoms with Gasteiger partial charge in [0.15, 0.2) is 0 Å². The van der Waals surface area contributed by atoms with Gasteiger partial charge in [-0.05, 0) is 59.7 Å². The molecule has 0 radical (unpaired) electrons. The first-order valence-electron chi connectivity index (χ1n) is 11.0. The van der Waals surface area contributed by atoms with Gasteiger partial charge in [0.25, 0.3) is 11.8 Å². The monoisotopic (exact) mass is 526 g/mol. The van der Waals surface area contributed by atoms with Crippen molar-refractivity contribution in [3.63, 3.8) is 0 Å². The quantitative estimate of drug-likeness (QED) is 0.507. The van der Waals surface area contributed by atoms with Crippen LogP contribution in [0.5, 0.6) is 5.75 Å². The highest BCUT2D eigenvalue weighted by Gasteiger charge is 2.28. The first-order chi connectivity index (χ1) is 17.1. The van der Waals surface area contributed by atoms with Crippen molar-refractivity contribution >= 4 is 39.5 Å². The van der Waals surface area contributed by atoms with Gasteiger partial charge in [-0.1, -0.05) is 23.7 Å². The van der Waals surface area contributed by atoms with Gasteiger partial charge in [0, 0.05) is 53.9 Å². The van der Waals surface area contributed by atoms with E-state index in [0.29, 0.717) is 16.1 Å². The zero-order valence-corrected chi connectivity index (χ0v) is 20.6. The number of rotatable bonds is 6. The second kappa shape index (κ2) is 10.5. The minimum absolute atomic E-state index is 0.118. The van der Waals surface area contributed by atoms with Crippen molar-refractivity contribution < 1.29 is 23.1 Å². The number of hydrogen-bond acceptors (Lipinski definition) is 6. The van der Waals surface area contributed by atoms with Crippen molar-refractivity contribution in [1.29, 1.82) is 0 Å². The van der Waals surface area contributed by atoms with E-state index in [1.165, 1.54) is 28.7 Å². The molecule has 0 spiro atoms. The first-order valence-corrected chi connectivity index (χ1v) is 12.8. The molecule has 0 saturated carbocycles. The van der Waals surface area contributed by atoms with Crippen LogP contribution in [0.25, 0.3) is 17.2 Å². The summed E-state index contributed by atoms with van der Waals surface area (Å²) in [5.41, 5.74) is 7.79. The number of sulfonamides is 1. The number of carbonyl (C=O) groups is 2. The number of pyridine rings is 1. The zero-order valence-electron chi connectivity index (χ0n) is 19.0. The number of nitrogens with two attached hydrogens (primary N) is 1. The number of aromatic nitrogens is 1. The molecule has 1 aliphatic rings. The number of primary amides is 1. The largest absolute Gasteiger partial charge is 0.507 e. The Morgan fingerprint density at radius 2 is 1.67 bits per heavy atom. The first kappa shape index (κ1) is 25.4. The van der Waals surface area contributed by atoms with Crippen molar-refractivity contribution in [3.8, 4) is 16.9 Å². The molecule has 2 aromatic carbocycles. The van der Waals surface area contributed by atoms with Gasteiger partial charge in [0.2, 0.25) is 10.0 Å². The fourth-order valence-corrected chi connectivity index (χ4v) is 5.11. The van der Waals surface area contributed by atoms with Crippen LogP contribution in [0, 0.1) is 0 Å². The molecule has 1 fully saturated rings. The highest BCUT2D eigenvalue weighted by atomic mass is 35.5. The number of phenols is 1. The molecule has 9 nitrogen and oxygen atoms in total. The predicted octanol–water partition coefficient (Wildman–Crippen LogP) is 2.97. The lowest BCUT2D eigenvalue weighted by atomic mass is 10.0. The van der Waals surface area contributed by atoms with Crippen LogP contribution in [-0.2, 0) is 10.0 Å². The average molecular weight is 527 g/mol. The van der Waals surface area contributed by atoms with Crippen LogP contribution in [-0.4, -0.2) is 65.7 Å². The Hall–Kier alpha value is -3.73. The summed E-state index contributed by atoms with van der Waals surface area (Å²) in [7, 11) is -3.74. The predicted molar refractivity (Wildman–Crippen MR) is 137 cm³/mol. The lowest BCUT2D eigenvalue weighted by Gasteiger charge is -2.33. The van der Waals surface area contributed by atoms with E-state index >= 15 is 0 Å². The normalized spacial score (nSPS) is 14.8. The molecule has 0 unspecified atom stereocenters. The Morgan fingerprint density at radius 3 is 2.31 bits per heavy atom. The summed E-state index contributed by atoms with van der Waals surface area (Å²) in [4.78, 5) is 29.9. The molecule has 2 amide bonds. The highest BCUT2D eigenvalue weighted by molar-refractivity contribution is 7.92. The molecule has 0 bridgehead atoms. The number of nitrogens with zero attached hydrogens (tertiary/aromatic N) is 3. The Labute approximate surface area is 213 Å². The number of benzene rings is 2. The van der Waals surface area contributed by atoms with Crippen LogP contribution in [0.3, 0.4) is 0 Å². The third kappa shape index (κ3) is 5.73. The van der Waals surface area contributed by atoms with E-state index in [2.05, 4.69) is 4.98 Å². The molecule has 3 N–H and O–H groups in total. The van der Waals surface area contributed by atoms with E-state index < -0.39 is 15.9 Å². The van der Waals surface area contributed by atoms with Gasteiger partial charge >= 0.3 is 0 Å². The number of phenolic OH excluding ortho intramolecular Hbond substituents is 1. The van der Waals surface area contributed by atoms with Crippen molar-refractivity contribution in [2.45, 2.75) is 0 Å². The molecule has 186 valence electrons. The Kier molecular flexibility index (Phi) is 7.39. The molecule has 1 aliphatic heterocycles. The zero-order chi connectivity index (χ0) is 25.9. The van der Waals surface area contributed by atoms with Crippen molar-refractivity contribution in [1.82, 2.24) is 14.2 Å². The fraction of sp³-hybridized carbons (Fsp3) is 0.160. The SMILES string of the molecule is NC(=O)c1cc(-c2ccc(C(=O)N3CCN(S(=O)(=O)C=Cc4ccc(Cl)cc4O)CC3)cc2)ccn1.